The average Bonchev–Trinajstić information content (AvgIpc) is 3.35. The zero-order valence-corrected chi connectivity index (χ0v) is 16.4. The number of carbonyl (C=O) groups is 1. The second kappa shape index (κ2) is 7.19. The number of nitrogen functional groups attached to an aromatic ring is 1. The molecule has 0 bridgehead atoms. The van der Waals surface area contributed by atoms with Crippen LogP contribution in [0.25, 0.3) is 27.8 Å². The van der Waals surface area contributed by atoms with E-state index in [0.29, 0.717) is 27.8 Å². The van der Waals surface area contributed by atoms with Crippen LogP contribution in [-0.4, -0.2) is 40.6 Å². The predicted molar refractivity (Wildman–Crippen MR) is 112 cm³/mol. The van der Waals surface area contributed by atoms with Crippen molar-refractivity contribution in [2.75, 3.05) is 11.1 Å². The fourth-order valence-corrected chi connectivity index (χ4v) is 3.46. The summed E-state index contributed by atoms with van der Waals surface area (Å²) in [5.41, 5.74) is 7.01. The molecule has 0 amide bonds. The highest BCUT2D eigenvalue weighted by Gasteiger charge is 2.32. The Bertz CT molecular complexity index is 1520. The lowest BCUT2D eigenvalue weighted by molar-refractivity contribution is -0.141. The third kappa shape index (κ3) is 3.54. The van der Waals surface area contributed by atoms with Crippen molar-refractivity contribution in [2.45, 2.75) is 6.18 Å². The third-order valence-corrected chi connectivity index (χ3v) is 4.91. The van der Waals surface area contributed by atoms with Gasteiger partial charge < -0.3 is 21.1 Å². The molecule has 0 saturated heterocycles. The van der Waals surface area contributed by atoms with Crippen LogP contribution in [0.1, 0.15) is 16.1 Å². The Hall–Kier alpha value is -4.68. The Morgan fingerprint density at radius 3 is 2.58 bits per heavy atom. The Labute approximate surface area is 181 Å². The van der Waals surface area contributed by atoms with Gasteiger partial charge in [-0.05, 0) is 29.8 Å². The summed E-state index contributed by atoms with van der Waals surface area (Å²) >= 11 is 0. The minimum Gasteiger partial charge on any atom is -0.478 e. The summed E-state index contributed by atoms with van der Waals surface area (Å²) in [6, 6.07) is 8.78. The van der Waals surface area contributed by atoms with E-state index in [0.717, 1.165) is 6.07 Å². The number of anilines is 3. The van der Waals surface area contributed by atoms with Crippen molar-refractivity contribution in [2.24, 2.45) is 0 Å². The maximum Gasteiger partial charge on any atom is 0.433 e. The largest absolute Gasteiger partial charge is 0.478 e. The molecule has 13 heteroatoms. The molecule has 0 aliphatic heterocycles. The molecule has 5 N–H and O–H groups in total. The van der Waals surface area contributed by atoms with Crippen LogP contribution in [0, 0.1) is 0 Å². The number of rotatable bonds is 4. The van der Waals surface area contributed by atoms with Gasteiger partial charge in [0.05, 0.1) is 11.1 Å². The van der Waals surface area contributed by atoms with Gasteiger partial charge in [0.25, 0.3) is 0 Å². The SMILES string of the molecule is Nc1ncnn2cc(C(=O)O)c(-c3ccc(Nc4nc5nc(C(F)(F)F)ccc5[nH]4)cc3)c12. The molecule has 5 rings (SSSR count). The molecule has 0 aliphatic carbocycles. The quantitative estimate of drug-likeness (QED) is 0.321. The van der Waals surface area contributed by atoms with Gasteiger partial charge in [-0.2, -0.15) is 23.3 Å². The predicted octanol–water partition coefficient (Wildman–Crippen LogP) is 3.71. The first-order valence-corrected chi connectivity index (χ1v) is 9.37. The summed E-state index contributed by atoms with van der Waals surface area (Å²) < 4.78 is 39.9. The number of aromatic amines is 1. The minimum atomic E-state index is -4.57. The van der Waals surface area contributed by atoms with Crippen LogP contribution < -0.4 is 11.1 Å². The number of fused-ring (bicyclic) bond motifs is 2. The summed E-state index contributed by atoms with van der Waals surface area (Å²) in [5.74, 6) is -0.824. The molecule has 0 fully saturated rings. The van der Waals surface area contributed by atoms with Gasteiger partial charge >= 0.3 is 12.1 Å². The number of alkyl halides is 3. The number of benzene rings is 1. The Morgan fingerprint density at radius 1 is 1.12 bits per heavy atom. The van der Waals surface area contributed by atoms with Crippen LogP contribution in [0.5, 0.6) is 0 Å². The summed E-state index contributed by atoms with van der Waals surface area (Å²) in [5, 5.41) is 16.6. The van der Waals surface area contributed by atoms with E-state index in [4.69, 9.17) is 5.73 Å². The van der Waals surface area contributed by atoms with Gasteiger partial charge in [0.15, 0.2) is 11.5 Å². The second-order valence-corrected chi connectivity index (χ2v) is 7.01. The highest BCUT2D eigenvalue weighted by molar-refractivity contribution is 6.04. The van der Waals surface area contributed by atoms with Gasteiger partial charge in [-0.1, -0.05) is 12.1 Å². The van der Waals surface area contributed by atoms with E-state index in [1.165, 1.54) is 23.1 Å². The number of carboxylic acids is 1. The van der Waals surface area contributed by atoms with Crippen LogP contribution in [0.3, 0.4) is 0 Å². The maximum absolute atomic E-state index is 12.9. The summed E-state index contributed by atoms with van der Waals surface area (Å²) in [7, 11) is 0. The number of nitrogens with two attached hydrogens (primary N) is 1. The molecule has 1 aromatic carbocycles. The minimum absolute atomic E-state index is 0.00624. The monoisotopic (exact) mass is 454 g/mol. The molecule has 0 unspecified atom stereocenters. The van der Waals surface area contributed by atoms with Crippen molar-refractivity contribution in [3.05, 3.63) is 60.2 Å². The first-order valence-electron chi connectivity index (χ1n) is 9.37. The zero-order valence-electron chi connectivity index (χ0n) is 16.4. The van der Waals surface area contributed by atoms with Crippen molar-refractivity contribution in [1.29, 1.82) is 0 Å². The van der Waals surface area contributed by atoms with E-state index >= 15 is 0 Å². The molecule has 0 spiro atoms. The van der Waals surface area contributed by atoms with Crippen LogP contribution in [-0.2, 0) is 6.18 Å². The van der Waals surface area contributed by atoms with Gasteiger partial charge in [-0.15, -0.1) is 0 Å². The van der Waals surface area contributed by atoms with Crippen molar-refractivity contribution in [1.82, 2.24) is 29.5 Å². The second-order valence-electron chi connectivity index (χ2n) is 7.01. The van der Waals surface area contributed by atoms with Crippen molar-refractivity contribution < 1.29 is 23.1 Å². The standard InChI is InChI=1S/C20H13F3N8O2/c21-20(22,23)13-6-5-12-17(29-13)30-19(28-12)27-10-3-1-9(2-4-10)14-11(18(32)33)7-31-15(14)16(24)25-8-26-31/h1-8H,(H,32,33)(H2,24,25,26)(H2,27,28,29,30). The van der Waals surface area contributed by atoms with E-state index in [1.54, 1.807) is 24.3 Å². The molecule has 0 radical (unpaired) electrons. The normalized spacial score (nSPS) is 11.8. The number of aromatic nitrogens is 6. The highest BCUT2D eigenvalue weighted by atomic mass is 19.4. The number of nitrogens with one attached hydrogen (secondary N) is 2. The number of hydrogen-bond acceptors (Lipinski definition) is 7. The van der Waals surface area contributed by atoms with Gasteiger partial charge in [-0.3, -0.25) is 0 Å². The van der Waals surface area contributed by atoms with Crippen molar-refractivity contribution in [3.8, 4) is 11.1 Å². The summed E-state index contributed by atoms with van der Waals surface area (Å²) in [6.07, 6.45) is -1.98. The summed E-state index contributed by atoms with van der Waals surface area (Å²) in [6.45, 7) is 0. The van der Waals surface area contributed by atoms with Crippen molar-refractivity contribution >= 4 is 40.1 Å². The van der Waals surface area contributed by atoms with Crippen LogP contribution in [0.15, 0.2) is 48.9 Å². The first-order chi connectivity index (χ1) is 15.7. The number of pyridine rings is 1. The smallest absolute Gasteiger partial charge is 0.433 e. The lowest BCUT2D eigenvalue weighted by Gasteiger charge is -2.07. The van der Waals surface area contributed by atoms with Crippen molar-refractivity contribution in [3.63, 3.8) is 0 Å². The molecule has 33 heavy (non-hydrogen) atoms. The first kappa shape index (κ1) is 20.2. The molecule has 4 aromatic heterocycles. The van der Waals surface area contributed by atoms with Crippen LogP contribution in [0.2, 0.25) is 0 Å². The van der Waals surface area contributed by atoms with Crippen LogP contribution >= 0.6 is 0 Å². The molecular formula is C20H13F3N8O2. The third-order valence-electron chi connectivity index (χ3n) is 4.91. The Morgan fingerprint density at radius 2 is 1.88 bits per heavy atom. The van der Waals surface area contributed by atoms with E-state index in [1.807, 2.05) is 0 Å². The van der Waals surface area contributed by atoms with Gasteiger partial charge in [0.1, 0.15) is 17.5 Å². The van der Waals surface area contributed by atoms with Gasteiger partial charge in [-0.25, -0.2) is 19.3 Å². The highest BCUT2D eigenvalue weighted by Crippen LogP contribution is 2.33. The molecule has 4 heterocycles. The fourth-order valence-electron chi connectivity index (χ4n) is 3.46. The zero-order chi connectivity index (χ0) is 23.3. The Balaban J connectivity index is 1.48. The maximum atomic E-state index is 12.9. The number of carboxylic acid groups (broad SMARTS) is 1. The lowest BCUT2D eigenvalue weighted by Crippen LogP contribution is -2.07. The van der Waals surface area contributed by atoms with E-state index in [9.17, 15) is 23.1 Å². The average molecular weight is 454 g/mol. The molecule has 0 atom stereocenters. The van der Waals surface area contributed by atoms with E-state index in [-0.39, 0.29) is 23.0 Å². The lowest BCUT2D eigenvalue weighted by atomic mass is 10.0. The van der Waals surface area contributed by atoms with E-state index in [2.05, 4.69) is 30.4 Å². The number of nitrogens with zero attached hydrogens (tertiary/aromatic N) is 5. The van der Waals surface area contributed by atoms with Gasteiger partial charge in [0.2, 0.25) is 5.95 Å². The number of H-pyrrole nitrogens is 1. The number of halogens is 3. The van der Waals surface area contributed by atoms with Crippen LogP contribution in [0.4, 0.5) is 30.6 Å². The molecule has 10 nitrogen and oxygen atoms in total. The number of aromatic carboxylic acids is 1. The Kier molecular flexibility index (Phi) is 4.41. The fraction of sp³-hybridized carbons (Fsp3) is 0.0500. The molecule has 5 aromatic rings. The molecule has 0 aliphatic rings. The van der Waals surface area contributed by atoms with E-state index < -0.39 is 17.8 Å². The van der Waals surface area contributed by atoms with Gasteiger partial charge in [0, 0.05) is 17.4 Å². The molecular weight excluding hydrogens is 441 g/mol. The number of hydrogen-bond donors (Lipinski definition) is 4. The summed E-state index contributed by atoms with van der Waals surface area (Å²) in [4.78, 5) is 26.1. The topological polar surface area (TPSA) is 147 Å². The number of imidazole rings is 1. The molecule has 0 saturated carbocycles. The molecule has 166 valence electrons.